The standard InChI is InChI=1S/C13H13N5/c1-2-9-18-12(5-1)16-13(17-18)15-8-6-11-4-3-7-14-10-11/h1-5,7,9-10H,6,8H2,(H,15,17). The summed E-state index contributed by atoms with van der Waals surface area (Å²) < 4.78 is 1.76. The second kappa shape index (κ2) is 4.83. The molecule has 5 heteroatoms. The van der Waals surface area contributed by atoms with Crippen molar-refractivity contribution in [3.05, 3.63) is 54.5 Å². The van der Waals surface area contributed by atoms with Gasteiger partial charge in [0.05, 0.1) is 0 Å². The topological polar surface area (TPSA) is 55.1 Å². The molecule has 0 aliphatic rings. The van der Waals surface area contributed by atoms with Gasteiger partial charge in [0.1, 0.15) is 0 Å². The Morgan fingerprint density at radius 1 is 1.17 bits per heavy atom. The second-order valence-electron chi connectivity index (χ2n) is 3.98. The van der Waals surface area contributed by atoms with Crippen molar-refractivity contribution in [1.29, 1.82) is 0 Å². The van der Waals surface area contributed by atoms with E-state index >= 15 is 0 Å². The fourth-order valence-electron chi connectivity index (χ4n) is 1.77. The van der Waals surface area contributed by atoms with Crippen molar-refractivity contribution in [2.75, 3.05) is 11.9 Å². The average Bonchev–Trinajstić information content (AvgIpc) is 2.82. The number of anilines is 1. The molecule has 3 rings (SSSR count). The van der Waals surface area contributed by atoms with Crippen molar-refractivity contribution in [2.45, 2.75) is 6.42 Å². The fourth-order valence-corrected chi connectivity index (χ4v) is 1.77. The highest BCUT2D eigenvalue weighted by atomic mass is 15.3. The lowest BCUT2D eigenvalue weighted by Gasteiger charge is -2.00. The van der Waals surface area contributed by atoms with E-state index in [1.807, 2.05) is 36.7 Å². The van der Waals surface area contributed by atoms with Gasteiger partial charge in [-0.15, -0.1) is 5.10 Å². The molecule has 0 aliphatic heterocycles. The minimum atomic E-state index is 0.657. The van der Waals surface area contributed by atoms with Crippen molar-refractivity contribution >= 4 is 11.6 Å². The van der Waals surface area contributed by atoms with E-state index in [2.05, 4.69) is 26.4 Å². The maximum absolute atomic E-state index is 4.37. The Labute approximate surface area is 105 Å². The van der Waals surface area contributed by atoms with Crippen LogP contribution in [0.3, 0.4) is 0 Å². The fraction of sp³-hybridized carbons (Fsp3) is 0.154. The minimum absolute atomic E-state index is 0.657. The van der Waals surface area contributed by atoms with Crippen LogP contribution in [0.1, 0.15) is 5.56 Å². The van der Waals surface area contributed by atoms with Gasteiger partial charge in [-0.2, -0.15) is 4.98 Å². The molecule has 0 fully saturated rings. The van der Waals surface area contributed by atoms with Crippen LogP contribution in [-0.2, 0) is 6.42 Å². The molecule has 3 aromatic rings. The molecule has 0 spiro atoms. The Bertz CT molecular complexity index is 599. The summed E-state index contributed by atoms with van der Waals surface area (Å²) in [5, 5.41) is 7.53. The first-order valence-corrected chi connectivity index (χ1v) is 5.86. The van der Waals surface area contributed by atoms with Gasteiger partial charge >= 0.3 is 0 Å². The van der Waals surface area contributed by atoms with Crippen molar-refractivity contribution in [3.63, 3.8) is 0 Å². The first-order chi connectivity index (χ1) is 8.92. The molecule has 0 amide bonds. The number of aromatic nitrogens is 4. The number of pyridine rings is 2. The largest absolute Gasteiger partial charge is 0.353 e. The van der Waals surface area contributed by atoms with Crippen LogP contribution in [0.4, 0.5) is 5.95 Å². The lowest BCUT2D eigenvalue weighted by molar-refractivity contribution is 0.935. The van der Waals surface area contributed by atoms with Gasteiger partial charge in [-0.05, 0) is 30.2 Å². The SMILES string of the molecule is c1cncc(CCNc2nc3ccccn3n2)c1. The summed E-state index contributed by atoms with van der Waals surface area (Å²) in [7, 11) is 0. The van der Waals surface area contributed by atoms with Crippen LogP contribution < -0.4 is 5.32 Å². The molecule has 0 aromatic carbocycles. The third kappa shape index (κ3) is 2.29. The molecular weight excluding hydrogens is 226 g/mol. The highest BCUT2D eigenvalue weighted by Gasteiger charge is 2.01. The van der Waals surface area contributed by atoms with E-state index in [1.165, 1.54) is 5.56 Å². The molecule has 0 saturated carbocycles. The van der Waals surface area contributed by atoms with Crippen LogP contribution in [-0.4, -0.2) is 26.1 Å². The summed E-state index contributed by atoms with van der Waals surface area (Å²) in [6.45, 7) is 0.794. The number of nitrogens with one attached hydrogen (secondary N) is 1. The van der Waals surface area contributed by atoms with Gasteiger partial charge in [-0.3, -0.25) is 4.98 Å². The highest BCUT2D eigenvalue weighted by Crippen LogP contribution is 2.04. The van der Waals surface area contributed by atoms with Crippen LogP contribution >= 0.6 is 0 Å². The maximum Gasteiger partial charge on any atom is 0.243 e. The van der Waals surface area contributed by atoms with Crippen molar-refractivity contribution in [1.82, 2.24) is 19.6 Å². The van der Waals surface area contributed by atoms with Gasteiger partial charge in [-0.25, -0.2) is 4.52 Å². The maximum atomic E-state index is 4.37. The summed E-state index contributed by atoms with van der Waals surface area (Å²) in [4.78, 5) is 8.45. The van der Waals surface area contributed by atoms with Gasteiger partial charge in [0.15, 0.2) is 5.65 Å². The molecule has 3 heterocycles. The van der Waals surface area contributed by atoms with E-state index in [0.717, 1.165) is 18.6 Å². The summed E-state index contributed by atoms with van der Waals surface area (Å²) in [6, 6.07) is 9.81. The van der Waals surface area contributed by atoms with E-state index in [9.17, 15) is 0 Å². The zero-order valence-electron chi connectivity index (χ0n) is 9.82. The molecule has 0 atom stereocenters. The molecule has 0 aliphatic carbocycles. The lowest BCUT2D eigenvalue weighted by atomic mass is 10.2. The normalized spacial score (nSPS) is 10.7. The zero-order chi connectivity index (χ0) is 12.2. The molecule has 1 N–H and O–H groups in total. The average molecular weight is 239 g/mol. The molecule has 18 heavy (non-hydrogen) atoms. The summed E-state index contributed by atoms with van der Waals surface area (Å²) in [5.41, 5.74) is 2.05. The van der Waals surface area contributed by atoms with Gasteiger partial charge in [0.2, 0.25) is 5.95 Å². The van der Waals surface area contributed by atoms with Crippen LogP contribution in [0.5, 0.6) is 0 Å². The van der Waals surface area contributed by atoms with Gasteiger partial charge in [0, 0.05) is 25.1 Å². The quantitative estimate of drug-likeness (QED) is 0.754. The monoisotopic (exact) mass is 239 g/mol. The third-order valence-electron chi connectivity index (χ3n) is 2.66. The van der Waals surface area contributed by atoms with Crippen molar-refractivity contribution < 1.29 is 0 Å². The second-order valence-corrected chi connectivity index (χ2v) is 3.98. The van der Waals surface area contributed by atoms with Crippen LogP contribution in [0.15, 0.2) is 48.9 Å². The molecule has 0 bridgehead atoms. The van der Waals surface area contributed by atoms with E-state index in [-0.39, 0.29) is 0 Å². The van der Waals surface area contributed by atoms with Gasteiger partial charge in [0.25, 0.3) is 0 Å². The van der Waals surface area contributed by atoms with Crippen LogP contribution in [0, 0.1) is 0 Å². The first kappa shape index (κ1) is 10.7. The Morgan fingerprint density at radius 3 is 3.00 bits per heavy atom. The Hall–Kier alpha value is -2.43. The minimum Gasteiger partial charge on any atom is -0.353 e. The molecular formula is C13H13N5. The molecule has 0 unspecified atom stereocenters. The summed E-state index contributed by atoms with van der Waals surface area (Å²) in [6.07, 6.45) is 6.44. The zero-order valence-corrected chi connectivity index (χ0v) is 9.82. The Kier molecular flexibility index (Phi) is 2.87. The highest BCUT2D eigenvalue weighted by molar-refractivity contribution is 5.42. The Balaban J connectivity index is 1.63. The molecule has 0 radical (unpaired) electrons. The van der Waals surface area contributed by atoms with E-state index in [1.54, 1.807) is 10.7 Å². The van der Waals surface area contributed by atoms with E-state index < -0.39 is 0 Å². The van der Waals surface area contributed by atoms with Crippen molar-refractivity contribution in [3.8, 4) is 0 Å². The van der Waals surface area contributed by atoms with Crippen LogP contribution in [0.25, 0.3) is 5.65 Å². The van der Waals surface area contributed by atoms with Gasteiger partial charge in [-0.1, -0.05) is 12.1 Å². The smallest absolute Gasteiger partial charge is 0.243 e. The molecule has 0 saturated heterocycles. The summed E-state index contributed by atoms with van der Waals surface area (Å²) >= 11 is 0. The molecule has 90 valence electrons. The first-order valence-electron chi connectivity index (χ1n) is 5.86. The predicted octanol–water partition coefficient (Wildman–Crippen LogP) is 1.78. The number of hydrogen-bond acceptors (Lipinski definition) is 4. The number of rotatable bonds is 4. The Morgan fingerprint density at radius 2 is 2.17 bits per heavy atom. The van der Waals surface area contributed by atoms with Crippen molar-refractivity contribution in [2.24, 2.45) is 0 Å². The molecule has 3 aromatic heterocycles. The van der Waals surface area contributed by atoms with Crippen LogP contribution in [0.2, 0.25) is 0 Å². The molecule has 5 nitrogen and oxygen atoms in total. The lowest BCUT2D eigenvalue weighted by Crippen LogP contribution is -2.06. The van der Waals surface area contributed by atoms with E-state index in [0.29, 0.717) is 5.95 Å². The van der Waals surface area contributed by atoms with Gasteiger partial charge < -0.3 is 5.32 Å². The summed E-state index contributed by atoms with van der Waals surface area (Å²) in [5.74, 6) is 0.657. The number of fused-ring (bicyclic) bond motifs is 1. The number of nitrogens with zero attached hydrogens (tertiary/aromatic N) is 4. The van der Waals surface area contributed by atoms with E-state index in [4.69, 9.17) is 0 Å². The number of hydrogen-bond donors (Lipinski definition) is 1. The predicted molar refractivity (Wildman–Crippen MR) is 69.4 cm³/mol. The third-order valence-corrected chi connectivity index (χ3v) is 2.66.